The van der Waals surface area contributed by atoms with E-state index in [1.807, 2.05) is 6.92 Å². The molecule has 1 aromatic heterocycles. The Morgan fingerprint density at radius 3 is 2.78 bits per heavy atom. The number of hydrogen-bond donors (Lipinski definition) is 1. The van der Waals surface area contributed by atoms with Gasteiger partial charge in [-0.25, -0.2) is 13.9 Å². The van der Waals surface area contributed by atoms with E-state index in [9.17, 15) is 9.18 Å². The number of nitrogens with zero attached hydrogens (tertiary/aromatic N) is 3. The zero-order valence-electron chi connectivity index (χ0n) is 10.0. The highest BCUT2D eigenvalue weighted by molar-refractivity contribution is 5.86. The van der Waals surface area contributed by atoms with Crippen molar-refractivity contribution < 1.29 is 14.3 Å². The maximum atomic E-state index is 13.0. The van der Waals surface area contributed by atoms with E-state index in [2.05, 4.69) is 10.3 Å². The quantitative estimate of drug-likeness (QED) is 0.903. The number of carboxylic acid groups (broad SMARTS) is 1. The van der Waals surface area contributed by atoms with Gasteiger partial charge in [0.15, 0.2) is 5.69 Å². The van der Waals surface area contributed by atoms with Gasteiger partial charge in [0.1, 0.15) is 5.82 Å². The largest absolute Gasteiger partial charge is 0.476 e. The third-order valence-corrected chi connectivity index (χ3v) is 2.69. The lowest BCUT2D eigenvalue weighted by Crippen LogP contribution is -2.07. The fourth-order valence-corrected chi connectivity index (χ4v) is 1.83. The average Bonchev–Trinajstić information content (AvgIpc) is 2.72. The second-order valence-corrected chi connectivity index (χ2v) is 3.89. The van der Waals surface area contributed by atoms with Crippen molar-refractivity contribution in [3.63, 3.8) is 0 Å². The molecule has 2 rings (SSSR count). The SMILES string of the molecule is CCc1c(C(=O)O)nnn1-c1ccc(F)cc1C. The van der Waals surface area contributed by atoms with Crippen LogP contribution < -0.4 is 0 Å². The van der Waals surface area contributed by atoms with Gasteiger partial charge in [0.2, 0.25) is 0 Å². The number of carboxylic acids is 1. The Kier molecular flexibility index (Phi) is 3.10. The molecule has 0 aliphatic carbocycles. The Morgan fingerprint density at radius 2 is 2.22 bits per heavy atom. The van der Waals surface area contributed by atoms with Crippen molar-refractivity contribution in [2.75, 3.05) is 0 Å². The normalized spacial score (nSPS) is 10.6. The molecule has 0 atom stereocenters. The van der Waals surface area contributed by atoms with E-state index in [1.165, 1.54) is 16.8 Å². The minimum Gasteiger partial charge on any atom is -0.476 e. The molecule has 0 aliphatic rings. The van der Waals surface area contributed by atoms with Crippen LogP contribution in [0.5, 0.6) is 0 Å². The number of aromatic carboxylic acids is 1. The minimum absolute atomic E-state index is 0.0683. The van der Waals surface area contributed by atoms with Gasteiger partial charge in [-0.05, 0) is 37.1 Å². The van der Waals surface area contributed by atoms with Gasteiger partial charge in [-0.3, -0.25) is 0 Å². The molecule has 5 nitrogen and oxygen atoms in total. The van der Waals surface area contributed by atoms with Gasteiger partial charge in [-0.2, -0.15) is 0 Å². The fraction of sp³-hybridized carbons (Fsp3) is 0.250. The van der Waals surface area contributed by atoms with Gasteiger partial charge in [0.25, 0.3) is 0 Å². The molecule has 0 aliphatic heterocycles. The highest BCUT2D eigenvalue weighted by Gasteiger charge is 2.19. The van der Waals surface area contributed by atoms with Crippen molar-refractivity contribution in [2.24, 2.45) is 0 Å². The van der Waals surface area contributed by atoms with Gasteiger partial charge in [0.05, 0.1) is 11.4 Å². The van der Waals surface area contributed by atoms with Crippen LogP contribution in [0.1, 0.15) is 28.7 Å². The van der Waals surface area contributed by atoms with Crippen LogP contribution in [0.4, 0.5) is 4.39 Å². The van der Waals surface area contributed by atoms with Crippen LogP contribution in [0.2, 0.25) is 0 Å². The monoisotopic (exact) mass is 249 g/mol. The van der Waals surface area contributed by atoms with Crippen LogP contribution in [-0.4, -0.2) is 26.1 Å². The molecule has 94 valence electrons. The number of aromatic nitrogens is 3. The third kappa shape index (κ3) is 1.97. The summed E-state index contributed by atoms with van der Waals surface area (Å²) in [7, 11) is 0. The first-order chi connectivity index (χ1) is 8.54. The predicted molar refractivity (Wildman–Crippen MR) is 62.4 cm³/mol. The molecule has 1 aromatic carbocycles. The van der Waals surface area contributed by atoms with Crippen LogP contribution >= 0.6 is 0 Å². The fourth-order valence-electron chi connectivity index (χ4n) is 1.83. The van der Waals surface area contributed by atoms with Gasteiger partial charge < -0.3 is 5.11 Å². The number of carbonyl (C=O) groups is 1. The van der Waals surface area contributed by atoms with Gasteiger partial charge in [0, 0.05) is 0 Å². The summed E-state index contributed by atoms with van der Waals surface area (Å²) in [4.78, 5) is 11.0. The Labute approximate surface area is 103 Å². The average molecular weight is 249 g/mol. The second kappa shape index (κ2) is 4.56. The molecule has 0 bridgehead atoms. The third-order valence-electron chi connectivity index (χ3n) is 2.69. The van der Waals surface area contributed by atoms with Crippen LogP contribution in [-0.2, 0) is 6.42 Å². The van der Waals surface area contributed by atoms with Crippen LogP contribution in [0.3, 0.4) is 0 Å². The lowest BCUT2D eigenvalue weighted by atomic mass is 10.2. The maximum absolute atomic E-state index is 13.0. The molecule has 0 saturated heterocycles. The molecule has 6 heteroatoms. The number of benzene rings is 1. The van der Waals surface area contributed by atoms with Crippen molar-refractivity contribution in [2.45, 2.75) is 20.3 Å². The lowest BCUT2D eigenvalue weighted by molar-refractivity contribution is 0.0689. The van der Waals surface area contributed by atoms with Gasteiger partial charge in [-0.1, -0.05) is 12.1 Å². The van der Waals surface area contributed by atoms with E-state index in [1.54, 1.807) is 13.0 Å². The molecule has 0 spiro atoms. The highest BCUT2D eigenvalue weighted by atomic mass is 19.1. The van der Waals surface area contributed by atoms with Crippen LogP contribution in [0, 0.1) is 12.7 Å². The summed E-state index contributed by atoms with van der Waals surface area (Å²) in [5.74, 6) is -1.45. The highest BCUT2D eigenvalue weighted by Crippen LogP contribution is 2.18. The second-order valence-electron chi connectivity index (χ2n) is 3.89. The zero-order valence-corrected chi connectivity index (χ0v) is 10.0. The summed E-state index contributed by atoms with van der Waals surface area (Å²) in [5, 5.41) is 16.5. The molecular formula is C12H12FN3O2. The van der Waals surface area contributed by atoms with E-state index < -0.39 is 5.97 Å². The first kappa shape index (κ1) is 12.2. The number of hydrogen-bond acceptors (Lipinski definition) is 3. The smallest absolute Gasteiger partial charge is 0.358 e. The first-order valence-corrected chi connectivity index (χ1v) is 5.49. The Bertz CT molecular complexity index is 607. The maximum Gasteiger partial charge on any atom is 0.358 e. The molecule has 0 radical (unpaired) electrons. The summed E-state index contributed by atoms with van der Waals surface area (Å²) in [6, 6.07) is 4.24. The molecule has 0 amide bonds. The zero-order chi connectivity index (χ0) is 13.3. The Morgan fingerprint density at radius 1 is 1.50 bits per heavy atom. The first-order valence-electron chi connectivity index (χ1n) is 5.49. The number of rotatable bonds is 3. The van der Waals surface area contributed by atoms with E-state index in [0.29, 0.717) is 23.4 Å². The van der Waals surface area contributed by atoms with Crippen LogP contribution in [0.15, 0.2) is 18.2 Å². The van der Waals surface area contributed by atoms with E-state index >= 15 is 0 Å². The number of aryl methyl sites for hydroxylation is 1. The summed E-state index contributed by atoms with van der Waals surface area (Å²) in [6.45, 7) is 3.56. The summed E-state index contributed by atoms with van der Waals surface area (Å²) < 4.78 is 14.5. The summed E-state index contributed by atoms with van der Waals surface area (Å²) >= 11 is 0. The van der Waals surface area contributed by atoms with Crippen molar-refractivity contribution in [1.82, 2.24) is 15.0 Å². The van der Waals surface area contributed by atoms with Gasteiger partial charge in [-0.15, -0.1) is 5.10 Å². The van der Waals surface area contributed by atoms with Crippen LogP contribution in [0.25, 0.3) is 5.69 Å². The Balaban J connectivity index is 2.60. The standard InChI is InChI=1S/C12H12FN3O2/c1-3-9-11(12(17)18)14-15-16(9)10-5-4-8(13)6-7(10)2/h4-6H,3H2,1-2H3,(H,17,18). The summed E-state index contributed by atoms with van der Waals surface area (Å²) in [6.07, 6.45) is 0.478. The van der Waals surface area contributed by atoms with Gasteiger partial charge >= 0.3 is 5.97 Å². The molecule has 0 fully saturated rings. The van der Waals surface area contributed by atoms with Crippen molar-refractivity contribution in [1.29, 1.82) is 0 Å². The van der Waals surface area contributed by atoms with Crippen molar-refractivity contribution >= 4 is 5.97 Å². The predicted octanol–water partition coefficient (Wildman–Crippen LogP) is 1.98. The lowest BCUT2D eigenvalue weighted by Gasteiger charge is -2.08. The minimum atomic E-state index is -1.11. The van der Waals surface area contributed by atoms with E-state index in [4.69, 9.17) is 5.11 Å². The topological polar surface area (TPSA) is 68.0 Å². The molecule has 18 heavy (non-hydrogen) atoms. The molecule has 1 heterocycles. The molecule has 1 N–H and O–H groups in total. The molecule has 2 aromatic rings. The molecule has 0 unspecified atom stereocenters. The Hall–Kier alpha value is -2.24. The van der Waals surface area contributed by atoms with E-state index in [0.717, 1.165) is 0 Å². The summed E-state index contributed by atoms with van der Waals surface area (Å²) in [5.41, 5.74) is 1.73. The number of halogens is 1. The molecular weight excluding hydrogens is 237 g/mol. The van der Waals surface area contributed by atoms with Crippen molar-refractivity contribution in [3.8, 4) is 5.69 Å². The molecule has 0 saturated carbocycles. The van der Waals surface area contributed by atoms with Crippen molar-refractivity contribution in [3.05, 3.63) is 41.0 Å². The van der Waals surface area contributed by atoms with E-state index in [-0.39, 0.29) is 11.5 Å².